The zero-order valence-electron chi connectivity index (χ0n) is 19.3. The number of rotatable bonds is 18. The van der Waals surface area contributed by atoms with Crippen molar-refractivity contribution in [3.05, 3.63) is 0 Å². The molecule has 0 saturated heterocycles. The molecule has 4 nitrogen and oxygen atoms in total. The zero-order chi connectivity index (χ0) is 21.3. The largest absolute Gasteiger partial charge is 0.390 e. The fraction of sp³-hybridized carbons (Fsp3) is 0.958. The molecule has 1 saturated carbocycles. The highest BCUT2D eigenvalue weighted by molar-refractivity contribution is 7.80. The highest BCUT2D eigenvalue weighted by atomic mass is 32.1. The first-order valence-electron chi connectivity index (χ1n) is 12.1. The van der Waals surface area contributed by atoms with Gasteiger partial charge in [0.05, 0.1) is 23.7 Å². The predicted octanol–water partition coefficient (Wildman–Crippen LogP) is 5.80. The fourth-order valence-electron chi connectivity index (χ4n) is 4.51. The molecule has 0 amide bonds. The predicted molar refractivity (Wildman–Crippen MR) is 127 cm³/mol. The topological polar surface area (TPSA) is 50.7 Å². The van der Waals surface area contributed by atoms with Crippen molar-refractivity contribution in [2.75, 3.05) is 20.8 Å². The van der Waals surface area contributed by atoms with E-state index in [1.54, 1.807) is 14.2 Å². The highest BCUT2D eigenvalue weighted by Crippen LogP contribution is 2.29. The zero-order valence-corrected chi connectivity index (χ0v) is 20.1. The van der Waals surface area contributed by atoms with Gasteiger partial charge in [-0.2, -0.15) is 0 Å². The van der Waals surface area contributed by atoms with Crippen molar-refractivity contribution in [3.8, 4) is 0 Å². The van der Waals surface area contributed by atoms with E-state index in [0.717, 1.165) is 24.3 Å². The molecule has 0 radical (unpaired) electrons. The lowest BCUT2D eigenvalue weighted by Crippen LogP contribution is -2.43. The summed E-state index contributed by atoms with van der Waals surface area (Å²) in [4.78, 5) is 0.908. The van der Waals surface area contributed by atoms with Crippen LogP contribution < -0.4 is 5.32 Å². The Morgan fingerprint density at radius 2 is 1.41 bits per heavy atom. The van der Waals surface area contributed by atoms with Crippen LogP contribution in [0.5, 0.6) is 0 Å². The minimum Gasteiger partial charge on any atom is -0.390 e. The molecule has 5 heteroatoms. The maximum Gasteiger partial charge on any atom is 0.103 e. The number of nitrogens with one attached hydrogen (secondary N) is 1. The Bertz CT molecular complexity index is 408. The lowest BCUT2D eigenvalue weighted by Gasteiger charge is -2.23. The van der Waals surface area contributed by atoms with Gasteiger partial charge in [-0.1, -0.05) is 96.2 Å². The molecule has 29 heavy (non-hydrogen) atoms. The molecule has 1 rings (SSSR count). The van der Waals surface area contributed by atoms with Gasteiger partial charge in [0.15, 0.2) is 0 Å². The molecule has 0 aromatic rings. The standard InChI is InChI=1S/C24H47NO3S/c1-4-5-6-7-8-9-10-11-12-13-14-15-16-17-22(29)25-21-18-20(19-27-2)23(26)24(21)28-3/h20-21,23-24,26H,4-19H2,1-3H3,(H,25,29)/t20-,21-,23?,24-/m1/s1. The normalized spacial score (nSPS) is 24.1. The van der Waals surface area contributed by atoms with Crippen LogP contribution >= 0.6 is 12.2 Å². The molecule has 0 bridgehead atoms. The minimum atomic E-state index is -0.489. The van der Waals surface area contributed by atoms with Crippen molar-refractivity contribution >= 4 is 17.2 Å². The van der Waals surface area contributed by atoms with Crippen molar-refractivity contribution < 1.29 is 14.6 Å². The average molecular weight is 430 g/mol. The van der Waals surface area contributed by atoms with E-state index in [9.17, 15) is 5.11 Å². The van der Waals surface area contributed by atoms with E-state index in [-0.39, 0.29) is 18.1 Å². The van der Waals surface area contributed by atoms with Crippen LogP contribution in [0.15, 0.2) is 0 Å². The SMILES string of the molecule is CCCCCCCCCCCCCCCC(=S)N[C@@H]1C[C@H](COC)C(O)[C@@H]1OC. The van der Waals surface area contributed by atoms with Crippen LogP contribution in [-0.2, 0) is 9.47 Å². The lowest BCUT2D eigenvalue weighted by molar-refractivity contribution is -0.0273. The maximum atomic E-state index is 10.4. The molecule has 1 fully saturated rings. The molecular weight excluding hydrogens is 382 g/mol. The summed E-state index contributed by atoms with van der Waals surface area (Å²) in [6, 6.07) is 0.0876. The Morgan fingerprint density at radius 1 is 0.897 bits per heavy atom. The van der Waals surface area contributed by atoms with Gasteiger partial charge in [-0.15, -0.1) is 0 Å². The first-order chi connectivity index (χ1) is 14.1. The Kier molecular flexibility index (Phi) is 16.1. The third-order valence-electron chi connectivity index (χ3n) is 6.28. The minimum absolute atomic E-state index is 0.0876. The summed E-state index contributed by atoms with van der Waals surface area (Å²) in [6.45, 7) is 2.84. The second kappa shape index (κ2) is 17.5. The molecule has 0 aliphatic heterocycles. The summed E-state index contributed by atoms with van der Waals surface area (Å²) in [5, 5.41) is 13.8. The molecule has 0 aromatic carbocycles. The van der Waals surface area contributed by atoms with Crippen molar-refractivity contribution in [1.29, 1.82) is 0 Å². The number of hydrogen-bond donors (Lipinski definition) is 2. The molecule has 4 atom stereocenters. The molecule has 1 aliphatic rings. The lowest BCUT2D eigenvalue weighted by atomic mass is 10.0. The Hall–Kier alpha value is -0.230. The summed E-state index contributed by atoms with van der Waals surface area (Å²) in [5.74, 6) is 0.113. The average Bonchev–Trinajstić information content (AvgIpc) is 3.00. The molecule has 0 spiro atoms. The van der Waals surface area contributed by atoms with Crippen LogP contribution in [-0.4, -0.2) is 49.2 Å². The van der Waals surface area contributed by atoms with Gasteiger partial charge in [-0.05, 0) is 19.3 Å². The highest BCUT2D eigenvalue weighted by Gasteiger charge is 2.42. The number of thiocarbonyl (C=S) groups is 1. The number of unbranched alkanes of at least 4 members (excludes halogenated alkanes) is 12. The van der Waals surface area contributed by atoms with Crippen molar-refractivity contribution in [1.82, 2.24) is 5.32 Å². The van der Waals surface area contributed by atoms with Crippen LogP contribution in [0.2, 0.25) is 0 Å². The summed E-state index contributed by atoms with van der Waals surface area (Å²) in [7, 11) is 3.34. The van der Waals surface area contributed by atoms with Gasteiger partial charge in [-0.3, -0.25) is 0 Å². The molecule has 172 valence electrons. The van der Waals surface area contributed by atoms with Crippen LogP contribution in [0.25, 0.3) is 0 Å². The molecular formula is C24H47NO3S. The van der Waals surface area contributed by atoms with Crippen LogP contribution in [0.4, 0.5) is 0 Å². The van der Waals surface area contributed by atoms with E-state index in [2.05, 4.69) is 12.2 Å². The second-order valence-corrected chi connectivity index (χ2v) is 9.30. The second-order valence-electron chi connectivity index (χ2n) is 8.81. The number of aliphatic hydroxyl groups is 1. The third-order valence-corrected chi connectivity index (χ3v) is 6.60. The smallest absolute Gasteiger partial charge is 0.103 e. The molecule has 0 heterocycles. The monoisotopic (exact) mass is 429 g/mol. The van der Waals surface area contributed by atoms with Crippen molar-refractivity contribution in [2.45, 2.75) is 121 Å². The molecule has 0 aromatic heterocycles. The van der Waals surface area contributed by atoms with Gasteiger partial charge in [0.1, 0.15) is 6.10 Å². The molecule has 1 unspecified atom stereocenters. The van der Waals surface area contributed by atoms with Gasteiger partial charge >= 0.3 is 0 Å². The van der Waals surface area contributed by atoms with E-state index < -0.39 is 6.10 Å². The van der Waals surface area contributed by atoms with Crippen LogP contribution in [0.3, 0.4) is 0 Å². The van der Waals surface area contributed by atoms with Gasteiger partial charge in [0.25, 0.3) is 0 Å². The van der Waals surface area contributed by atoms with Crippen molar-refractivity contribution in [2.24, 2.45) is 5.92 Å². The fourth-order valence-corrected chi connectivity index (χ4v) is 4.81. The van der Waals surface area contributed by atoms with Gasteiger partial charge in [-0.25, -0.2) is 0 Å². The van der Waals surface area contributed by atoms with Gasteiger partial charge < -0.3 is 19.9 Å². The van der Waals surface area contributed by atoms with E-state index in [4.69, 9.17) is 21.7 Å². The summed E-state index contributed by atoms with van der Waals surface area (Å²) >= 11 is 5.54. The summed E-state index contributed by atoms with van der Waals surface area (Å²) < 4.78 is 10.7. The quantitative estimate of drug-likeness (QED) is 0.213. The third kappa shape index (κ3) is 11.7. The Balaban J connectivity index is 1.99. The molecule has 1 aliphatic carbocycles. The Labute approximate surface area is 185 Å². The number of ether oxygens (including phenoxy) is 2. The van der Waals surface area contributed by atoms with E-state index in [1.807, 2.05) is 0 Å². The number of aliphatic hydroxyl groups excluding tert-OH is 1. The number of hydrogen-bond acceptors (Lipinski definition) is 4. The van der Waals surface area contributed by atoms with E-state index >= 15 is 0 Å². The van der Waals surface area contributed by atoms with Crippen LogP contribution in [0.1, 0.15) is 103 Å². The van der Waals surface area contributed by atoms with Gasteiger partial charge in [0, 0.05) is 20.1 Å². The maximum absolute atomic E-state index is 10.4. The van der Waals surface area contributed by atoms with Crippen molar-refractivity contribution in [3.63, 3.8) is 0 Å². The summed E-state index contributed by atoms with van der Waals surface area (Å²) in [5.41, 5.74) is 0. The molecule has 2 N–H and O–H groups in total. The Morgan fingerprint density at radius 3 is 1.90 bits per heavy atom. The van der Waals surface area contributed by atoms with Gasteiger partial charge in [0.2, 0.25) is 0 Å². The van der Waals surface area contributed by atoms with E-state index in [1.165, 1.54) is 77.0 Å². The number of methoxy groups -OCH3 is 2. The first-order valence-corrected chi connectivity index (χ1v) is 12.5. The first kappa shape index (κ1) is 26.8. The van der Waals surface area contributed by atoms with Crippen LogP contribution in [0, 0.1) is 5.92 Å². The summed E-state index contributed by atoms with van der Waals surface area (Å²) in [6.07, 6.45) is 18.8. The van der Waals surface area contributed by atoms with E-state index in [0.29, 0.717) is 6.61 Å².